The number of carbonyl (C=O) groups is 2. The largest absolute Gasteiger partial charge is 0.484 e. The van der Waals surface area contributed by atoms with Gasteiger partial charge in [0, 0.05) is 29.1 Å². The van der Waals surface area contributed by atoms with Gasteiger partial charge in [0.1, 0.15) is 11.8 Å². The summed E-state index contributed by atoms with van der Waals surface area (Å²) in [5, 5.41) is 4.25. The standard InChI is InChI=1S/C29H32Cl2N2O3/c1-4-21(3)32-29(35)27(17-22-9-6-5-7-10-22)33(18-23-11-8-12-24(30)16-23)28(34)19-36-25-13-14-26(31)20(2)15-25/h5-16,21,27H,4,17-19H2,1-3H3,(H,32,35)/t21-,27+/m1/s1. The molecule has 5 nitrogen and oxygen atoms in total. The number of carbonyl (C=O) groups excluding carboxylic acids is 2. The number of benzene rings is 3. The van der Waals surface area contributed by atoms with Crippen molar-refractivity contribution in [3.05, 3.63) is 99.5 Å². The molecule has 0 aromatic heterocycles. The molecule has 0 saturated heterocycles. The minimum Gasteiger partial charge on any atom is -0.484 e. The van der Waals surface area contributed by atoms with Crippen LogP contribution in [0, 0.1) is 6.92 Å². The van der Waals surface area contributed by atoms with Crippen molar-refractivity contribution < 1.29 is 14.3 Å². The van der Waals surface area contributed by atoms with Crippen molar-refractivity contribution in [3.63, 3.8) is 0 Å². The molecule has 36 heavy (non-hydrogen) atoms. The van der Waals surface area contributed by atoms with Crippen LogP contribution in [0.2, 0.25) is 10.0 Å². The van der Waals surface area contributed by atoms with E-state index in [9.17, 15) is 9.59 Å². The van der Waals surface area contributed by atoms with E-state index in [-0.39, 0.29) is 31.0 Å². The summed E-state index contributed by atoms with van der Waals surface area (Å²) in [5.74, 6) is 0.0327. The van der Waals surface area contributed by atoms with Gasteiger partial charge < -0.3 is 15.0 Å². The number of nitrogens with one attached hydrogen (secondary N) is 1. The highest BCUT2D eigenvalue weighted by molar-refractivity contribution is 6.31. The van der Waals surface area contributed by atoms with E-state index < -0.39 is 6.04 Å². The van der Waals surface area contributed by atoms with Crippen molar-refractivity contribution >= 4 is 35.0 Å². The zero-order chi connectivity index (χ0) is 26.1. The Morgan fingerprint density at radius 3 is 2.36 bits per heavy atom. The van der Waals surface area contributed by atoms with Crippen molar-refractivity contribution in [1.82, 2.24) is 10.2 Å². The molecule has 0 aliphatic carbocycles. The first-order valence-electron chi connectivity index (χ1n) is 12.0. The minimum absolute atomic E-state index is 0.0211. The highest BCUT2D eigenvalue weighted by Crippen LogP contribution is 2.22. The van der Waals surface area contributed by atoms with E-state index in [1.165, 1.54) is 0 Å². The lowest BCUT2D eigenvalue weighted by Crippen LogP contribution is -2.53. The molecule has 0 bridgehead atoms. The fraction of sp³-hybridized carbons (Fsp3) is 0.310. The quantitative estimate of drug-likeness (QED) is 0.322. The van der Waals surface area contributed by atoms with Gasteiger partial charge in [-0.2, -0.15) is 0 Å². The second-order valence-corrected chi connectivity index (χ2v) is 9.72. The fourth-order valence-electron chi connectivity index (χ4n) is 3.76. The molecule has 3 aromatic rings. The molecule has 0 fully saturated rings. The molecule has 0 spiro atoms. The van der Waals surface area contributed by atoms with E-state index in [2.05, 4.69) is 5.32 Å². The van der Waals surface area contributed by atoms with Gasteiger partial charge in [-0.15, -0.1) is 0 Å². The van der Waals surface area contributed by atoms with Gasteiger partial charge >= 0.3 is 0 Å². The molecule has 0 heterocycles. The molecule has 0 aliphatic rings. The van der Waals surface area contributed by atoms with Gasteiger partial charge in [-0.05, 0) is 67.3 Å². The van der Waals surface area contributed by atoms with Crippen LogP contribution in [0.1, 0.15) is 37.0 Å². The molecule has 2 amide bonds. The van der Waals surface area contributed by atoms with E-state index in [0.29, 0.717) is 22.2 Å². The van der Waals surface area contributed by atoms with Crippen molar-refractivity contribution in [2.45, 2.75) is 52.2 Å². The summed E-state index contributed by atoms with van der Waals surface area (Å²) in [7, 11) is 0. The van der Waals surface area contributed by atoms with Gasteiger partial charge in [0.2, 0.25) is 5.91 Å². The first kappa shape index (κ1) is 27.6. The maximum absolute atomic E-state index is 13.6. The van der Waals surface area contributed by atoms with Crippen LogP contribution in [-0.2, 0) is 22.6 Å². The Morgan fingerprint density at radius 1 is 0.972 bits per heavy atom. The summed E-state index contributed by atoms with van der Waals surface area (Å²) in [6.45, 7) is 5.83. The molecule has 0 aliphatic heterocycles. The van der Waals surface area contributed by atoms with Crippen LogP contribution in [0.3, 0.4) is 0 Å². The summed E-state index contributed by atoms with van der Waals surface area (Å²) in [6, 6.07) is 21.5. The molecule has 2 atom stereocenters. The Labute approximate surface area is 223 Å². The van der Waals surface area contributed by atoms with Crippen LogP contribution < -0.4 is 10.1 Å². The average Bonchev–Trinajstić information content (AvgIpc) is 2.87. The third-order valence-corrected chi connectivity index (χ3v) is 6.66. The highest BCUT2D eigenvalue weighted by atomic mass is 35.5. The minimum atomic E-state index is -0.733. The van der Waals surface area contributed by atoms with E-state index in [1.807, 2.05) is 63.2 Å². The van der Waals surface area contributed by atoms with Crippen molar-refractivity contribution in [1.29, 1.82) is 0 Å². The molecule has 0 radical (unpaired) electrons. The van der Waals surface area contributed by atoms with Gasteiger partial charge in [0.25, 0.3) is 5.91 Å². The first-order chi connectivity index (χ1) is 17.3. The SMILES string of the molecule is CC[C@@H](C)NC(=O)[C@H](Cc1ccccc1)N(Cc1cccc(Cl)c1)C(=O)COc1ccc(Cl)c(C)c1. The van der Waals surface area contributed by atoms with E-state index >= 15 is 0 Å². The van der Waals surface area contributed by atoms with Gasteiger partial charge in [-0.1, -0.05) is 72.6 Å². The normalized spacial score (nSPS) is 12.5. The van der Waals surface area contributed by atoms with E-state index in [1.54, 1.807) is 35.2 Å². The molecule has 3 rings (SSSR count). The third kappa shape index (κ3) is 8.00. The zero-order valence-corrected chi connectivity index (χ0v) is 22.4. The maximum atomic E-state index is 13.6. The van der Waals surface area contributed by atoms with Gasteiger partial charge in [-0.3, -0.25) is 9.59 Å². The lowest BCUT2D eigenvalue weighted by molar-refractivity contribution is -0.143. The second kappa shape index (κ2) is 13.3. The number of hydrogen-bond acceptors (Lipinski definition) is 3. The summed E-state index contributed by atoms with van der Waals surface area (Å²) in [5.41, 5.74) is 2.64. The zero-order valence-electron chi connectivity index (χ0n) is 20.8. The molecular weight excluding hydrogens is 495 g/mol. The van der Waals surface area contributed by atoms with Gasteiger partial charge in [-0.25, -0.2) is 0 Å². The molecule has 7 heteroatoms. The van der Waals surface area contributed by atoms with Crippen LogP contribution in [0.15, 0.2) is 72.8 Å². The summed E-state index contributed by atoms with van der Waals surface area (Å²) in [4.78, 5) is 28.7. The van der Waals surface area contributed by atoms with Gasteiger partial charge in [0.15, 0.2) is 6.61 Å². The fourth-order valence-corrected chi connectivity index (χ4v) is 4.09. The Bertz CT molecular complexity index is 1170. The average molecular weight is 527 g/mol. The van der Waals surface area contributed by atoms with Crippen molar-refractivity contribution in [2.24, 2.45) is 0 Å². The monoisotopic (exact) mass is 526 g/mol. The predicted molar refractivity (Wildman–Crippen MR) is 146 cm³/mol. The summed E-state index contributed by atoms with van der Waals surface area (Å²) in [6.07, 6.45) is 1.15. The maximum Gasteiger partial charge on any atom is 0.261 e. The van der Waals surface area contributed by atoms with Crippen LogP contribution in [-0.4, -0.2) is 35.4 Å². The van der Waals surface area contributed by atoms with Crippen LogP contribution in [0.4, 0.5) is 0 Å². The Kier molecular flexibility index (Phi) is 10.2. The number of ether oxygens (including phenoxy) is 1. The van der Waals surface area contributed by atoms with Crippen LogP contribution >= 0.6 is 23.2 Å². The number of amides is 2. The molecule has 3 aromatic carbocycles. The van der Waals surface area contributed by atoms with Crippen LogP contribution in [0.5, 0.6) is 5.75 Å². The molecule has 0 saturated carbocycles. The summed E-state index contributed by atoms with van der Waals surface area (Å²) >= 11 is 12.3. The number of halogens is 2. The second-order valence-electron chi connectivity index (χ2n) is 8.87. The Balaban J connectivity index is 1.91. The number of aryl methyl sites for hydroxylation is 1. The van der Waals surface area contributed by atoms with E-state index in [0.717, 1.165) is 23.1 Å². The number of nitrogens with zero attached hydrogens (tertiary/aromatic N) is 1. The molecule has 1 N–H and O–H groups in total. The topological polar surface area (TPSA) is 58.6 Å². The number of rotatable bonds is 11. The third-order valence-electron chi connectivity index (χ3n) is 6.01. The van der Waals surface area contributed by atoms with Crippen LogP contribution in [0.25, 0.3) is 0 Å². The van der Waals surface area contributed by atoms with Crippen molar-refractivity contribution in [2.75, 3.05) is 6.61 Å². The number of hydrogen-bond donors (Lipinski definition) is 1. The smallest absolute Gasteiger partial charge is 0.261 e. The Hall–Kier alpha value is -3.02. The lowest BCUT2D eigenvalue weighted by Gasteiger charge is -2.32. The van der Waals surface area contributed by atoms with Crippen molar-refractivity contribution in [3.8, 4) is 5.75 Å². The van der Waals surface area contributed by atoms with E-state index in [4.69, 9.17) is 27.9 Å². The molecule has 0 unspecified atom stereocenters. The lowest BCUT2D eigenvalue weighted by atomic mass is 10.0. The Morgan fingerprint density at radius 2 is 1.69 bits per heavy atom. The van der Waals surface area contributed by atoms with Gasteiger partial charge in [0.05, 0.1) is 0 Å². The predicted octanol–water partition coefficient (Wildman–Crippen LogP) is 6.24. The first-order valence-corrected chi connectivity index (χ1v) is 12.8. The highest BCUT2D eigenvalue weighted by Gasteiger charge is 2.31. The molecular formula is C29H32Cl2N2O3. The molecule has 190 valence electrons. The summed E-state index contributed by atoms with van der Waals surface area (Å²) < 4.78 is 5.82.